The van der Waals surface area contributed by atoms with Gasteiger partial charge in [-0.2, -0.15) is 0 Å². The Morgan fingerprint density at radius 3 is 2.87 bits per heavy atom. The van der Waals surface area contributed by atoms with E-state index in [2.05, 4.69) is 48.1 Å². The van der Waals surface area contributed by atoms with Crippen molar-refractivity contribution in [3.05, 3.63) is 65.6 Å². The summed E-state index contributed by atoms with van der Waals surface area (Å²) >= 11 is 1.91. The molecular weight excluding hydrogens is 300 g/mol. The van der Waals surface area contributed by atoms with Crippen molar-refractivity contribution in [2.75, 3.05) is 0 Å². The first kappa shape index (κ1) is 13.3. The third-order valence-corrected chi connectivity index (χ3v) is 6.21. The summed E-state index contributed by atoms with van der Waals surface area (Å²) in [6, 6.07) is 10.9. The van der Waals surface area contributed by atoms with Crippen molar-refractivity contribution in [1.29, 1.82) is 0 Å². The van der Waals surface area contributed by atoms with Gasteiger partial charge in [0.15, 0.2) is 0 Å². The third-order valence-electron chi connectivity index (χ3n) is 5.09. The van der Waals surface area contributed by atoms with Gasteiger partial charge in [-0.15, -0.1) is 11.8 Å². The van der Waals surface area contributed by atoms with E-state index < -0.39 is 0 Å². The van der Waals surface area contributed by atoms with Crippen molar-refractivity contribution in [2.24, 2.45) is 0 Å². The molecule has 0 fully saturated rings. The molecule has 2 aliphatic rings. The zero-order valence-corrected chi connectivity index (χ0v) is 13.9. The van der Waals surface area contributed by atoms with Crippen molar-refractivity contribution in [2.45, 2.75) is 29.9 Å². The van der Waals surface area contributed by atoms with Crippen LogP contribution in [-0.4, -0.2) is 9.97 Å². The fourth-order valence-corrected chi connectivity index (χ4v) is 5.05. The van der Waals surface area contributed by atoms with Crippen LogP contribution in [0, 0.1) is 0 Å². The first-order chi connectivity index (χ1) is 11.2. The van der Waals surface area contributed by atoms with Crippen LogP contribution in [-0.2, 0) is 11.2 Å². The Hall–Kier alpha value is -2.13. The van der Waals surface area contributed by atoms with Crippen LogP contribution in [0.15, 0.2) is 53.8 Å². The normalized spacial score (nSPS) is 16.3. The number of pyridine rings is 2. The van der Waals surface area contributed by atoms with E-state index in [0.717, 1.165) is 11.4 Å². The molecule has 0 saturated carbocycles. The summed E-state index contributed by atoms with van der Waals surface area (Å²) in [5, 5.41) is 0. The standard InChI is InChI=1S/C20H16N2S/c1-20(2)15-4-3-8-22-19(15)13-6-5-12-11-23-16-7-9-21-10-14(16)17(12)18(13)20/h3-10H,11H2,1-2H3. The summed E-state index contributed by atoms with van der Waals surface area (Å²) in [5.41, 5.74) is 9.20. The molecule has 2 aromatic heterocycles. The van der Waals surface area contributed by atoms with Crippen LogP contribution in [0.5, 0.6) is 0 Å². The van der Waals surface area contributed by atoms with E-state index in [1.807, 2.05) is 36.4 Å². The van der Waals surface area contributed by atoms with Crippen LogP contribution in [0.1, 0.15) is 30.5 Å². The van der Waals surface area contributed by atoms with Crippen LogP contribution in [0.25, 0.3) is 22.4 Å². The Morgan fingerprint density at radius 2 is 1.96 bits per heavy atom. The second-order valence-electron chi connectivity index (χ2n) is 6.71. The summed E-state index contributed by atoms with van der Waals surface area (Å²) in [4.78, 5) is 10.4. The number of hydrogen-bond acceptors (Lipinski definition) is 3. The molecule has 0 amide bonds. The monoisotopic (exact) mass is 316 g/mol. The van der Waals surface area contributed by atoms with Gasteiger partial charge in [0.2, 0.25) is 0 Å². The summed E-state index contributed by atoms with van der Waals surface area (Å²) < 4.78 is 0. The molecule has 3 heteroatoms. The highest BCUT2D eigenvalue weighted by Crippen LogP contribution is 2.54. The van der Waals surface area contributed by atoms with Crippen molar-refractivity contribution < 1.29 is 0 Å². The molecule has 2 nitrogen and oxygen atoms in total. The Labute approximate surface area is 140 Å². The van der Waals surface area contributed by atoms with E-state index in [9.17, 15) is 0 Å². The topological polar surface area (TPSA) is 25.8 Å². The molecule has 0 spiro atoms. The molecule has 1 aliphatic carbocycles. The molecule has 112 valence electrons. The van der Waals surface area contributed by atoms with Gasteiger partial charge in [-0.25, -0.2) is 0 Å². The second-order valence-corrected chi connectivity index (χ2v) is 7.72. The summed E-state index contributed by atoms with van der Waals surface area (Å²) in [5.74, 6) is 1.03. The molecule has 0 saturated heterocycles. The fraction of sp³-hybridized carbons (Fsp3) is 0.200. The number of rotatable bonds is 0. The highest BCUT2D eigenvalue weighted by Gasteiger charge is 2.40. The lowest BCUT2D eigenvalue weighted by Crippen LogP contribution is -2.17. The van der Waals surface area contributed by atoms with E-state index in [0.29, 0.717) is 0 Å². The predicted molar refractivity (Wildman–Crippen MR) is 94.6 cm³/mol. The Morgan fingerprint density at radius 1 is 1.04 bits per heavy atom. The van der Waals surface area contributed by atoms with Crippen LogP contribution in [0.2, 0.25) is 0 Å². The van der Waals surface area contributed by atoms with E-state index in [1.165, 1.54) is 38.3 Å². The third kappa shape index (κ3) is 1.66. The lowest BCUT2D eigenvalue weighted by Gasteiger charge is -2.28. The Bertz CT molecular complexity index is 960. The molecule has 23 heavy (non-hydrogen) atoms. The quantitative estimate of drug-likeness (QED) is 0.580. The van der Waals surface area contributed by atoms with Gasteiger partial charge >= 0.3 is 0 Å². The summed E-state index contributed by atoms with van der Waals surface area (Å²) in [7, 11) is 0. The van der Waals surface area contributed by atoms with Gasteiger partial charge in [0.05, 0.1) is 5.69 Å². The molecule has 3 aromatic rings. The SMILES string of the molecule is CC1(C)c2cccnc2-c2ccc3c(c21)-c1cnccc1SC3. The highest BCUT2D eigenvalue weighted by molar-refractivity contribution is 7.98. The molecular formula is C20H16N2S. The molecule has 0 N–H and O–H groups in total. The zero-order valence-electron chi connectivity index (χ0n) is 13.1. The lowest BCUT2D eigenvalue weighted by atomic mass is 9.78. The van der Waals surface area contributed by atoms with Gasteiger partial charge in [0.25, 0.3) is 0 Å². The van der Waals surface area contributed by atoms with E-state index in [4.69, 9.17) is 0 Å². The maximum atomic E-state index is 4.68. The van der Waals surface area contributed by atoms with Crippen molar-refractivity contribution >= 4 is 11.8 Å². The predicted octanol–water partition coefficient (Wildman–Crippen LogP) is 5.06. The van der Waals surface area contributed by atoms with E-state index in [-0.39, 0.29) is 5.41 Å². The van der Waals surface area contributed by atoms with E-state index in [1.54, 1.807) is 0 Å². The number of thioether (sulfide) groups is 1. The number of hydrogen-bond donors (Lipinski definition) is 0. The maximum absolute atomic E-state index is 4.68. The molecule has 0 bridgehead atoms. The van der Waals surface area contributed by atoms with Crippen LogP contribution in [0.4, 0.5) is 0 Å². The summed E-state index contributed by atoms with van der Waals surface area (Å²) in [6.07, 6.45) is 5.81. The van der Waals surface area contributed by atoms with Crippen LogP contribution >= 0.6 is 11.8 Å². The van der Waals surface area contributed by atoms with Crippen LogP contribution in [0.3, 0.4) is 0 Å². The number of aromatic nitrogens is 2. The molecule has 1 aliphatic heterocycles. The highest BCUT2D eigenvalue weighted by atomic mass is 32.2. The summed E-state index contributed by atoms with van der Waals surface area (Å²) in [6.45, 7) is 4.63. The average molecular weight is 316 g/mol. The Balaban J connectivity index is 1.91. The first-order valence-corrected chi connectivity index (χ1v) is 8.86. The lowest BCUT2D eigenvalue weighted by molar-refractivity contribution is 0.659. The minimum Gasteiger partial charge on any atom is -0.264 e. The molecule has 5 rings (SSSR count). The molecule has 3 heterocycles. The van der Waals surface area contributed by atoms with Gasteiger partial charge in [0, 0.05) is 45.8 Å². The largest absolute Gasteiger partial charge is 0.264 e. The second kappa shape index (κ2) is 4.45. The average Bonchev–Trinajstić information content (AvgIpc) is 2.83. The van der Waals surface area contributed by atoms with Gasteiger partial charge in [0.1, 0.15) is 0 Å². The number of fused-ring (bicyclic) bond motifs is 7. The minimum atomic E-state index is -0.0284. The van der Waals surface area contributed by atoms with Crippen molar-refractivity contribution in [3.8, 4) is 22.4 Å². The smallest absolute Gasteiger partial charge is 0.0746 e. The van der Waals surface area contributed by atoms with Crippen LogP contribution < -0.4 is 0 Å². The molecule has 0 unspecified atom stereocenters. The molecule has 0 atom stereocenters. The van der Waals surface area contributed by atoms with Gasteiger partial charge in [-0.3, -0.25) is 9.97 Å². The van der Waals surface area contributed by atoms with Crippen molar-refractivity contribution in [1.82, 2.24) is 9.97 Å². The minimum absolute atomic E-state index is 0.0284. The number of benzene rings is 1. The Kier molecular flexibility index (Phi) is 2.58. The molecule has 1 aromatic carbocycles. The van der Waals surface area contributed by atoms with Gasteiger partial charge in [-0.1, -0.05) is 32.0 Å². The van der Waals surface area contributed by atoms with Gasteiger partial charge in [-0.05, 0) is 34.4 Å². The fourth-order valence-electron chi connectivity index (χ4n) is 4.03. The number of nitrogens with zero attached hydrogens (tertiary/aromatic N) is 2. The van der Waals surface area contributed by atoms with Gasteiger partial charge < -0.3 is 0 Å². The zero-order chi connectivity index (χ0) is 15.6. The molecule has 0 radical (unpaired) electrons. The van der Waals surface area contributed by atoms with Crippen molar-refractivity contribution in [3.63, 3.8) is 0 Å². The van der Waals surface area contributed by atoms with E-state index >= 15 is 0 Å². The maximum Gasteiger partial charge on any atom is 0.0746 e. The first-order valence-electron chi connectivity index (χ1n) is 7.87.